The second-order valence-corrected chi connectivity index (χ2v) is 7.50. The van der Waals surface area contributed by atoms with Crippen molar-refractivity contribution in [3.63, 3.8) is 0 Å². The molecule has 1 aromatic rings. The number of hydrogen-bond donors (Lipinski definition) is 1. The highest BCUT2D eigenvalue weighted by Gasteiger charge is 2.49. The summed E-state index contributed by atoms with van der Waals surface area (Å²) >= 11 is 0. The molecule has 0 spiro atoms. The molecule has 4 aliphatic carbocycles. The molecule has 2 nitrogen and oxygen atoms in total. The third-order valence-electron chi connectivity index (χ3n) is 6.21. The first-order chi connectivity index (χ1) is 9.79. The van der Waals surface area contributed by atoms with Gasteiger partial charge in [-0.05, 0) is 80.8 Å². The minimum atomic E-state index is 0.645. The van der Waals surface area contributed by atoms with Gasteiger partial charge in [0.1, 0.15) is 0 Å². The Hall–Kier alpha value is -0.890. The lowest BCUT2D eigenvalue weighted by atomic mass is 9.50. The molecule has 4 fully saturated rings. The summed E-state index contributed by atoms with van der Waals surface area (Å²) in [6.45, 7) is 3.33. The number of nitrogens with one attached hydrogen (secondary N) is 1. The Morgan fingerprint density at radius 1 is 1.10 bits per heavy atom. The molecule has 0 saturated heterocycles. The van der Waals surface area contributed by atoms with Crippen molar-refractivity contribution in [1.82, 2.24) is 10.3 Å². The van der Waals surface area contributed by atoms with Crippen LogP contribution >= 0.6 is 0 Å². The lowest BCUT2D eigenvalue weighted by Crippen LogP contribution is -2.51. The molecular weight excluding hydrogens is 244 g/mol. The smallest absolute Gasteiger partial charge is 0.0541 e. The van der Waals surface area contributed by atoms with E-state index in [-0.39, 0.29) is 0 Å². The molecule has 4 bridgehead atoms. The molecule has 108 valence electrons. The van der Waals surface area contributed by atoms with E-state index in [1.54, 1.807) is 6.42 Å². The lowest BCUT2D eigenvalue weighted by Gasteiger charge is -2.56. The van der Waals surface area contributed by atoms with Gasteiger partial charge in [-0.1, -0.05) is 6.07 Å². The molecule has 1 unspecified atom stereocenters. The molecule has 0 amide bonds. The Morgan fingerprint density at radius 2 is 1.80 bits per heavy atom. The highest BCUT2D eigenvalue weighted by atomic mass is 14.9. The van der Waals surface area contributed by atoms with Gasteiger partial charge < -0.3 is 5.32 Å². The second-order valence-electron chi connectivity index (χ2n) is 7.50. The largest absolute Gasteiger partial charge is 0.308 e. The lowest BCUT2D eigenvalue weighted by molar-refractivity contribution is -0.0494. The monoisotopic (exact) mass is 270 g/mol. The first-order valence-corrected chi connectivity index (χ1v) is 8.43. The summed E-state index contributed by atoms with van der Waals surface area (Å²) < 4.78 is 0. The van der Waals surface area contributed by atoms with E-state index in [0.29, 0.717) is 6.04 Å². The quantitative estimate of drug-likeness (QED) is 0.903. The van der Waals surface area contributed by atoms with Crippen LogP contribution < -0.4 is 5.32 Å². The van der Waals surface area contributed by atoms with Crippen molar-refractivity contribution in [3.05, 3.63) is 30.1 Å². The Kier molecular flexibility index (Phi) is 3.30. The predicted molar refractivity (Wildman–Crippen MR) is 81.1 cm³/mol. The van der Waals surface area contributed by atoms with Crippen molar-refractivity contribution in [1.29, 1.82) is 0 Å². The van der Waals surface area contributed by atoms with Gasteiger partial charge in [-0.15, -0.1) is 0 Å². The molecule has 1 heterocycles. The fourth-order valence-corrected chi connectivity index (χ4v) is 5.69. The molecule has 0 aliphatic heterocycles. The average molecular weight is 270 g/mol. The molecule has 4 saturated carbocycles. The summed E-state index contributed by atoms with van der Waals surface area (Å²) in [7, 11) is 0. The number of nitrogens with zero attached hydrogens (tertiary/aromatic N) is 1. The first kappa shape index (κ1) is 12.8. The van der Waals surface area contributed by atoms with Gasteiger partial charge in [0.05, 0.1) is 5.69 Å². The Labute approximate surface area is 122 Å². The van der Waals surface area contributed by atoms with Gasteiger partial charge in [0.15, 0.2) is 0 Å². The van der Waals surface area contributed by atoms with Crippen LogP contribution in [0.3, 0.4) is 0 Å². The first-order valence-electron chi connectivity index (χ1n) is 8.43. The number of aromatic nitrogens is 1. The summed E-state index contributed by atoms with van der Waals surface area (Å²) in [5.41, 5.74) is 1.17. The van der Waals surface area contributed by atoms with Crippen LogP contribution in [0, 0.1) is 29.6 Å². The third kappa shape index (κ3) is 2.28. The maximum atomic E-state index is 4.42. The predicted octanol–water partition coefficient (Wildman–Crippen LogP) is 3.63. The molecule has 0 aromatic carbocycles. The molecular formula is C18H26N2. The number of rotatable bonds is 4. The van der Waals surface area contributed by atoms with Crippen molar-refractivity contribution < 1.29 is 0 Å². The third-order valence-corrected chi connectivity index (χ3v) is 6.21. The molecule has 1 N–H and O–H groups in total. The molecule has 20 heavy (non-hydrogen) atoms. The summed E-state index contributed by atoms with van der Waals surface area (Å²) in [4.78, 5) is 4.42. The Bertz CT molecular complexity index is 428. The van der Waals surface area contributed by atoms with Crippen molar-refractivity contribution in [3.8, 4) is 0 Å². The molecule has 1 atom stereocenters. The van der Waals surface area contributed by atoms with Crippen LogP contribution in [-0.2, 0) is 6.54 Å². The topological polar surface area (TPSA) is 24.9 Å². The van der Waals surface area contributed by atoms with Gasteiger partial charge in [0, 0.05) is 18.8 Å². The van der Waals surface area contributed by atoms with Crippen LogP contribution in [0.4, 0.5) is 0 Å². The minimum Gasteiger partial charge on any atom is -0.308 e. The van der Waals surface area contributed by atoms with E-state index < -0.39 is 0 Å². The van der Waals surface area contributed by atoms with E-state index in [2.05, 4.69) is 29.4 Å². The number of pyridine rings is 1. The van der Waals surface area contributed by atoms with Crippen molar-refractivity contribution in [2.75, 3.05) is 0 Å². The average Bonchev–Trinajstić information content (AvgIpc) is 2.45. The Morgan fingerprint density at radius 3 is 2.40 bits per heavy atom. The maximum absolute atomic E-state index is 4.42. The van der Waals surface area contributed by atoms with E-state index in [1.807, 2.05) is 12.3 Å². The molecule has 0 radical (unpaired) electrons. The molecule has 1 aromatic heterocycles. The molecule has 2 heteroatoms. The number of hydrogen-bond acceptors (Lipinski definition) is 2. The SMILES string of the molecule is CC(NCc1ccccn1)C1C2CC3CC(C2)CC1C3. The highest BCUT2D eigenvalue weighted by Crippen LogP contribution is 2.57. The van der Waals surface area contributed by atoms with Gasteiger partial charge in [0.25, 0.3) is 0 Å². The standard InChI is InChI=1S/C18H26N2/c1-12(20-11-17-4-2-3-5-19-17)18-15-7-13-6-14(9-15)10-16(18)8-13/h2-5,12-16,18,20H,6-11H2,1H3. The van der Waals surface area contributed by atoms with Crippen LogP contribution in [0.5, 0.6) is 0 Å². The van der Waals surface area contributed by atoms with Crippen LogP contribution in [0.1, 0.15) is 44.7 Å². The fraction of sp³-hybridized carbons (Fsp3) is 0.722. The van der Waals surface area contributed by atoms with Gasteiger partial charge in [-0.3, -0.25) is 4.98 Å². The van der Waals surface area contributed by atoms with Gasteiger partial charge in [-0.25, -0.2) is 0 Å². The zero-order valence-corrected chi connectivity index (χ0v) is 12.5. The zero-order chi connectivity index (χ0) is 13.5. The summed E-state index contributed by atoms with van der Waals surface area (Å²) in [6, 6.07) is 6.84. The normalized spacial score (nSPS) is 40.0. The van der Waals surface area contributed by atoms with E-state index in [1.165, 1.54) is 31.4 Å². The van der Waals surface area contributed by atoms with E-state index in [4.69, 9.17) is 0 Å². The van der Waals surface area contributed by atoms with Crippen LogP contribution in [0.25, 0.3) is 0 Å². The maximum Gasteiger partial charge on any atom is 0.0541 e. The summed E-state index contributed by atoms with van der Waals surface area (Å²) in [5, 5.41) is 3.76. The second kappa shape index (κ2) is 5.14. The van der Waals surface area contributed by atoms with Crippen molar-refractivity contribution in [2.24, 2.45) is 29.6 Å². The van der Waals surface area contributed by atoms with Crippen LogP contribution in [0.2, 0.25) is 0 Å². The highest BCUT2D eigenvalue weighted by molar-refractivity contribution is 5.04. The van der Waals surface area contributed by atoms with Gasteiger partial charge >= 0.3 is 0 Å². The zero-order valence-electron chi connectivity index (χ0n) is 12.5. The fourth-order valence-electron chi connectivity index (χ4n) is 5.69. The van der Waals surface area contributed by atoms with Crippen LogP contribution in [-0.4, -0.2) is 11.0 Å². The molecule has 4 aliphatic rings. The van der Waals surface area contributed by atoms with Crippen molar-refractivity contribution >= 4 is 0 Å². The minimum absolute atomic E-state index is 0.645. The van der Waals surface area contributed by atoms with E-state index in [0.717, 1.165) is 36.1 Å². The summed E-state index contributed by atoms with van der Waals surface area (Å²) in [6.07, 6.45) is 9.53. The molecule has 5 rings (SSSR count). The van der Waals surface area contributed by atoms with E-state index in [9.17, 15) is 0 Å². The van der Waals surface area contributed by atoms with Crippen LogP contribution in [0.15, 0.2) is 24.4 Å². The van der Waals surface area contributed by atoms with Gasteiger partial charge in [0.2, 0.25) is 0 Å². The van der Waals surface area contributed by atoms with E-state index >= 15 is 0 Å². The van der Waals surface area contributed by atoms with Crippen molar-refractivity contribution in [2.45, 2.75) is 51.6 Å². The summed E-state index contributed by atoms with van der Waals surface area (Å²) in [5.74, 6) is 5.11. The Balaban J connectivity index is 1.40. The van der Waals surface area contributed by atoms with Gasteiger partial charge in [-0.2, -0.15) is 0 Å².